The molecule has 0 saturated carbocycles. The van der Waals surface area contributed by atoms with Gasteiger partial charge in [-0.3, -0.25) is 19.5 Å². The van der Waals surface area contributed by atoms with Crippen LogP contribution in [0.25, 0.3) is 0 Å². The Morgan fingerprint density at radius 3 is 2.63 bits per heavy atom. The maximum atomic E-state index is 12.9. The summed E-state index contributed by atoms with van der Waals surface area (Å²) in [4.78, 5) is 34.0. The second-order valence-corrected chi connectivity index (χ2v) is 8.53. The number of benzene rings is 1. The van der Waals surface area contributed by atoms with E-state index < -0.39 is 0 Å². The fraction of sp³-hybridized carbons (Fsp3) is 0.190. The van der Waals surface area contributed by atoms with Crippen molar-refractivity contribution in [1.29, 1.82) is 0 Å². The third kappa shape index (κ3) is 3.26. The van der Waals surface area contributed by atoms with E-state index in [1.165, 1.54) is 0 Å². The minimum atomic E-state index is -0.145. The molecule has 0 saturated heterocycles. The standard InChI is InChI=1S/C21H18N2O2S2/c1-13-14(2)27-21-19(13)20(17-9-6-10-26-17)22-11-18(25)23(21)12-16(24)15-7-4-3-5-8-15/h3-10H,11-12H2,1-2H3. The van der Waals surface area contributed by atoms with Crippen molar-refractivity contribution < 1.29 is 9.59 Å². The highest BCUT2D eigenvalue weighted by atomic mass is 32.1. The third-order valence-corrected chi connectivity index (χ3v) is 6.78. The van der Waals surface area contributed by atoms with Gasteiger partial charge in [0, 0.05) is 16.0 Å². The highest BCUT2D eigenvalue weighted by Gasteiger charge is 2.31. The third-order valence-electron chi connectivity index (χ3n) is 4.67. The van der Waals surface area contributed by atoms with Crippen molar-refractivity contribution in [1.82, 2.24) is 0 Å². The number of nitrogens with zero attached hydrogens (tertiary/aromatic N) is 2. The summed E-state index contributed by atoms with van der Waals surface area (Å²) in [6.07, 6.45) is 0. The van der Waals surface area contributed by atoms with Gasteiger partial charge in [0.05, 0.1) is 17.1 Å². The van der Waals surface area contributed by atoms with Gasteiger partial charge >= 0.3 is 0 Å². The molecule has 2 aromatic heterocycles. The predicted octanol–water partition coefficient (Wildman–Crippen LogP) is 4.49. The Kier molecular flexibility index (Phi) is 4.76. The zero-order chi connectivity index (χ0) is 19.0. The summed E-state index contributed by atoms with van der Waals surface area (Å²) in [5.41, 5.74) is 3.56. The summed E-state index contributed by atoms with van der Waals surface area (Å²) < 4.78 is 0. The van der Waals surface area contributed by atoms with Crippen LogP contribution < -0.4 is 4.90 Å². The van der Waals surface area contributed by atoms with E-state index in [0.717, 1.165) is 31.6 Å². The molecule has 0 atom stereocenters. The molecule has 0 bridgehead atoms. The number of hydrogen-bond donors (Lipinski definition) is 0. The molecule has 3 heterocycles. The van der Waals surface area contributed by atoms with Crippen LogP contribution in [0.4, 0.5) is 5.00 Å². The van der Waals surface area contributed by atoms with Crippen molar-refractivity contribution in [2.24, 2.45) is 4.99 Å². The van der Waals surface area contributed by atoms with Crippen LogP contribution in [0.3, 0.4) is 0 Å². The molecule has 1 aromatic carbocycles. The van der Waals surface area contributed by atoms with E-state index in [2.05, 4.69) is 11.9 Å². The molecule has 0 spiro atoms. The average Bonchev–Trinajstić information content (AvgIpc) is 3.28. The highest BCUT2D eigenvalue weighted by molar-refractivity contribution is 7.17. The lowest BCUT2D eigenvalue weighted by Gasteiger charge is -2.19. The van der Waals surface area contributed by atoms with Crippen molar-refractivity contribution in [3.8, 4) is 0 Å². The molecule has 1 amide bonds. The number of hydrogen-bond acceptors (Lipinski definition) is 5. The zero-order valence-electron chi connectivity index (χ0n) is 15.1. The lowest BCUT2D eigenvalue weighted by Crippen LogP contribution is -2.36. The van der Waals surface area contributed by atoms with E-state index in [-0.39, 0.29) is 24.8 Å². The lowest BCUT2D eigenvalue weighted by molar-refractivity contribution is -0.117. The van der Waals surface area contributed by atoms with Gasteiger partial charge in [-0.15, -0.1) is 22.7 Å². The molecular weight excluding hydrogens is 376 g/mol. The van der Waals surface area contributed by atoms with Crippen LogP contribution in [-0.4, -0.2) is 30.5 Å². The maximum absolute atomic E-state index is 12.9. The SMILES string of the molecule is Cc1sc2c(c1C)C(c1cccs1)=NCC(=O)N2CC(=O)c1ccccc1. The van der Waals surface area contributed by atoms with E-state index in [1.54, 1.807) is 39.7 Å². The molecule has 0 aliphatic carbocycles. The number of amides is 1. The van der Waals surface area contributed by atoms with E-state index >= 15 is 0 Å². The topological polar surface area (TPSA) is 49.7 Å². The number of anilines is 1. The number of carbonyl (C=O) groups is 2. The first-order chi connectivity index (χ1) is 13.1. The van der Waals surface area contributed by atoms with Gasteiger partial charge in [0.25, 0.3) is 0 Å². The van der Waals surface area contributed by atoms with Gasteiger partial charge in [-0.25, -0.2) is 0 Å². The van der Waals surface area contributed by atoms with Crippen molar-refractivity contribution in [3.63, 3.8) is 0 Å². The molecule has 136 valence electrons. The quantitative estimate of drug-likeness (QED) is 0.612. The van der Waals surface area contributed by atoms with Crippen LogP contribution in [-0.2, 0) is 4.79 Å². The number of thiophene rings is 2. The Hall–Kier alpha value is -2.57. The number of aryl methyl sites for hydroxylation is 1. The lowest BCUT2D eigenvalue weighted by atomic mass is 10.0. The fourth-order valence-electron chi connectivity index (χ4n) is 3.14. The molecule has 6 heteroatoms. The van der Waals surface area contributed by atoms with Gasteiger partial charge in [-0.1, -0.05) is 36.4 Å². The minimum Gasteiger partial charge on any atom is -0.294 e. The first kappa shape index (κ1) is 17.8. The van der Waals surface area contributed by atoms with Crippen molar-refractivity contribution in [2.45, 2.75) is 13.8 Å². The monoisotopic (exact) mass is 394 g/mol. The minimum absolute atomic E-state index is 0.0302. The molecule has 0 radical (unpaired) electrons. The molecular formula is C21H18N2O2S2. The summed E-state index contributed by atoms with van der Waals surface area (Å²) in [5, 5.41) is 2.83. The van der Waals surface area contributed by atoms with Crippen LogP contribution in [0, 0.1) is 13.8 Å². The second-order valence-electron chi connectivity index (χ2n) is 6.37. The van der Waals surface area contributed by atoms with Crippen LogP contribution in [0.2, 0.25) is 0 Å². The number of fused-ring (bicyclic) bond motifs is 1. The first-order valence-corrected chi connectivity index (χ1v) is 10.3. The zero-order valence-corrected chi connectivity index (χ0v) is 16.7. The van der Waals surface area contributed by atoms with Crippen LogP contribution in [0.1, 0.15) is 31.2 Å². The Balaban J connectivity index is 1.77. The van der Waals surface area contributed by atoms with Crippen molar-refractivity contribution >= 4 is 45.1 Å². The number of ketones is 1. The Morgan fingerprint density at radius 2 is 1.93 bits per heavy atom. The molecule has 1 aliphatic heterocycles. The first-order valence-electron chi connectivity index (χ1n) is 8.63. The van der Waals surface area contributed by atoms with E-state index in [9.17, 15) is 9.59 Å². The van der Waals surface area contributed by atoms with Gasteiger partial charge < -0.3 is 0 Å². The molecule has 1 aliphatic rings. The fourth-order valence-corrected chi connectivity index (χ4v) is 5.05. The highest BCUT2D eigenvalue weighted by Crippen LogP contribution is 2.39. The van der Waals surface area contributed by atoms with Gasteiger partial charge in [0.15, 0.2) is 5.78 Å². The molecule has 0 N–H and O–H groups in total. The van der Waals surface area contributed by atoms with Crippen LogP contribution in [0.5, 0.6) is 0 Å². The molecule has 27 heavy (non-hydrogen) atoms. The van der Waals surface area contributed by atoms with Crippen molar-refractivity contribution in [3.05, 3.63) is 74.3 Å². The largest absolute Gasteiger partial charge is 0.294 e. The molecule has 0 unspecified atom stereocenters. The number of aliphatic imine (C=N–C) groups is 1. The number of rotatable bonds is 4. The van der Waals surface area contributed by atoms with Gasteiger partial charge in [-0.05, 0) is 30.9 Å². The second kappa shape index (κ2) is 7.21. The van der Waals surface area contributed by atoms with Gasteiger partial charge in [0.2, 0.25) is 5.91 Å². The smallest absolute Gasteiger partial charge is 0.249 e. The molecule has 4 nitrogen and oxygen atoms in total. The Labute approximate surface area is 165 Å². The van der Waals surface area contributed by atoms with Crippen LogP contribution >= 0.6 is 22.7 Å². The average molecular weight is 395 g/mol. The van der Waals surface area contributed by atoms with Crippen molar-refractivity contribution in [2.75, 3.05) is 18.0 Å². The van der Waals surface area contributed by atoms with Gasteiger partial charge in [0.1, 0.15) is 11.5 Å². The van der Waals surface area contributed by atoms with E-state index in [1.807, 2.05) is 42.6 Å². The summed E-state index contributed by atoms with van der Waals surface area (Å²) in [6.45, 7) is 4.18. The number of carbonyl (C=O) groups excluding carboxylic acids is 2. The van der Waals surface area contributed by atoms with Crippen LogP contribution in [0.15, 0.2) is 52.8 Å². The summed E-state index contributed by atoms with van der Waals surface area (Å²) in [5.74, 6) is -0.216. The Morgan fingerprint density at radius 1 is 1.15 bits per heavy atom. The van der Waals surface area contributed by atoms with E-state index in [4.69, 9.17) is 0 Å². The van der Waals surface area contributed by atoms with Gasteiger partial charge in [-0.2, -0.15) is 0 Å². The Bertz CT molecular complexity index is 1030. The number of Topliss-reactive ketones (excluding diaryl/α,β-unsaturated/α-hetero) is 1. The normalized spacial score (nSPS) is 13.9. The summed E-state index contributed by atoms with van der Waals surface area (Å²) in [7, 11) is 0. The maximum Gasteiger partial charge on any atom is 0.249 e. The summed E-state index contributed by atoms with van der Waals surface area (Å²) in [6, 6.07) is 13.1. The predicted molar refractivity (Wildman–Crippen MR) is 112 cm³/mol. The molecule has 4 rings (SSSR count). The van der Waals surface area contributed by atoms with E-state index in [0.29, 0.717) is 5.56 Å². The molecule has 0 fully saturated rings. The summed E-state index contributed by atoms with van der Waals surface area (Å²) >= 11 is 3.17. The molecule has 3 aromatic rings.